The topological polar surface area (TPSA) is 16.1 Å². The molecule has 0 N–H and O–H groups in total. The number of rotatable bonds is 4. The van der Waals surface area contributed by atoms with Gasteiger partial charge in [-0.3, -0.25) is 9.88 Å². The Morgan fingerprint density at radius 1 is 1.04 bits per heavy atom. The van der Waals surface area contributed by atoms with Crippen molar-refractivity contribution < 1.29 is 0 Å². The molecule has 1 saturated heterocycles. The summed E-state index contributed by atoms with van der Waals surface area (Å²) in [5.74, 6) is 0.571. The van der Waals surface area contributed by atoms with Gasteiger partial charge < -0.3 is 0 Å². The highest BCUT2D eigenvalue weighted by Crippen LogP contribution is 2.30. The lowest BCUT2D eigenvalue weighted by atomic mass is 9.82. The smallest absolute Gasteiger partial charge is 0.0705 e. The molecule has 1 aliphatic heterocycles. The van der Waals surface area contributed by atoms with E-state index in [9.17, 15) is 0 Å². The van der Waals surface area contributed by atoms with Crippen molar-refractivity contribution in [3.05, 3.63) is 53.7 Å². The number of hydrogen-bond acceptors (Lipinski definition) is 2. The molecule has 1 fully saturated rings. The van der Waals surface area contributed by atoms with Crippen LogP contribution in [-0.2, 0) is 6.54 Å². The maximum absolute atomic E-state index is 4.58. The van der Waals surface area contributed by atoms with Gasteiger partial charge in [-0.15, -0.1) is 0 Å². The lowest BCUT2D eigenvalue weighted by Gasteiger charge is -2.36. The molecular formula is C22H30N2. The van der Waals surface area contributed by atoms with Crippen molar-refractivity contribution in [2.75, 3.05) is 13.1 Å². The third kappa shape index (κ3) is 4.24. The molecular weight excluding hydrogens is 292 g/mol. The first-order chi connectivity index (χ1) is 11.4. The highest BCUT2D eigenvalue weighted by molar-refractivity contribution is 5.60. The third-order valence-electron chi connectivity index (χ3n) is 5.31. The van der Waals surface area contributed by atoms with Crippen LogP contribution in [-0.4, -0.2) is 23.0 Å². The minimum atomic E-state index is 0.512. The van der Waals surface area contributed by atoms with Crippen molar-refractivity contribution in [2.24, 2.45) is 5.41 Å². The van der Waals surface area contributed by atoms with E-state index in [1.807, 2.05) is 6.20 Å². The standard InChI is InChI=1S/C22H30N2/c1-17(2)19-5-7-20(8-6-19)21-15-18(9-12-23-21)16-24-13-10-22(3,4)11-14-24/h5-9,12,15,17H,10-11,13-14,16H2,1-4H3. The Bertz CT molecular complexity index is 661. The van der Waals surface area contributed by atoms with Gasteiger partial charge in [-0.1, -0.05) is 52.0 Å². The first kappa shape index (κ1) is 17.2. The van der Waals surface area contributed by atoms with E-state index in [0.717, 1.165) is 12.2 Å². The Hall–Kier alpha value is -1.67. The van der Waals surface area contributed by atoms with Crippen LogP contribution in [0.3, 0.4) is 0 Å². The van der Waals surface area contributed by atoms with Gasteiger partial charge in [-0.05, 0) is 60.5 Å². The van der Waals surface area contributed by atoms with Crippen molar-refractivity contribution in [3.8, 4) is 11.3 Å². The number of hydrogen-bond donors (Lipinski definition) is 0. The predicted molar refractivity (Wildman–Crippen MR) is 102 cm³/mol. The Labute approximate surface area is 146 Å². The largest absolute Gasteiger partial charge is 0.299 e. The molecule has 24 heavy (non-hydrogen) atoms. The van der Waals surface area contributed by atoms with Gasteiger partial charge in [0.15, 0.2) is 0 Å². The second-order valence-electron chi connectivity index (χ2n) is 8.27. The second-order valence-corrected chi connectivity index (χ2v) is 8.27. The van der Waals surface area contributed by atoms with Gasteiger partial charge in [0.2, 0.25) is 0 Å². The number of benzene rings is 1. The number of likely N-dealkylation sites (tertiary alicyclic amines) is 1. The van der Waals surface area contributed by atoms with Crippen molar-refractivity contribution >= 4 is 0 Å². The maximum atomic E-state index is 4.58. The average molecular weight is 322 g/mol. The van der Waals surface area contributed by atoms with Crippen LogP contribution in [0.15, 0.2) is 42.6 Å². The summed E-state index contributed by atoms with van der Waals surface area (Å²) in [4.78, 5) is 7.16. The fourth-order valence-electron chi connectivity index (χ4n) is 3.34. The first-order valence-corrected chi connectivity index (χ1v) is 9.21. The van der Waals surface area contributed by atoms with Crippen molar-refractivity contribution in [1.29, 1.82) is 0 Å². The molecule has 3 rings (SSSR count). The van der Waals surface area contributed by atoms with Gasteiger partial charge in [0.05, 0.1) is 5.69 Å². The molecule has 1 aliphatic rings. The van der Waals surface area contributed by atoms with Crippen molar-refractivity contribution in [1.82, 2.24) is 9.88 Å². The van der Waals surface area contributed by atoms with E-state index in [4.69, 9.17) is 0 Å². The van der Waals surface area contributed by atoms with Crippen LogP contribution < -0.4 is 0 Å². The maximum Gasteiger partial charge on any atom is 0.0705 e. The van der Waals surface area contributed by atoms with Crippen molar-refractivity contribution in [2.45, 2.75) is 53.0 Å². The Kier molecular flexibility index (Phi) is 5.05. The first-order valence-electron chi connectivity index (χ1n) is 9.21. The number of piperidine rings is 1. The van der Waals surface area contributed by atoms with E-state index >= 15 is 0 Å². The quantitative estimate of drug-likeness (QED) is 0.739. The second kappa shape index (κ2) is 7.06. The van der Waals surface area contributed by atoms with Gasteiger partial charge in [-0.25, -0.2) is 0 Å². The molecule has 128 valence electrons. The molecule has 0 saturated carbocycles. The summed E-state index contributed by atoms with van der Waals surface area (Å²) in [5.41, 5.74) is 5.55. The molecule has 0 aliphatic carbocycles. The molecule has 0 radical (unpaired) electrons. The van der Waals surface area contributed by atoms with E-state index in [0.29, 0.717) is 11.3 Å². The SMILES string of the molecule is CC(C)c1ccc(-c2cc(CN3CCC(C)(C)CC3)ccn2)cc1. The summed E-state index contributed by atoms with van der Waals surface area (Å²) in [6.07, 6.45) is 4.54. The third-order valence-corrected chi connectivity index (χ3v) is 5.31. The molecule has 2 heteroatoms. The normalized spacial score (nSPS) is 18.0. The van der Waals surface area contributed by atoms with Crippen LogP contribution >= 0.6 is 0 Å². The molecule has 2 nitrogen and oxygen atoms in total. The molecule has 0 bridgehead atoms. The number of nitrogens with zero attached hydrogens (tertiary/aromatic N) is 2. The van der Waals surface area contributed by atoms with E-state index in [1.54, 1.807) is 0 Å². The molecule has 2 aromatic rings. The minimum absolute atomic E-state index is 0.512. The summed E-state index contributed by atoms with van der Waals surface area (Å²) in [7, 11) is 0. The summed E-state index contributed by atoms with van der Waals surface area (Å²) in [6.45, 7) is 12.7. The van der Waals surface area contributed by atoms with Crippen LogP contribution in [0.2, 0.25) is 0 Å². The predicted octanol–water partition coefficient (Wildman–Crippen LogP) is 5.49. The molecule has 0 spiro atoms. The number of aromatic nitrogens is 1. The molecule has 2 heterocycles. The van der Waals surface area contributed by atoms with Crippen LogP contribution in [0.25, 0.3) is 11.3 Å². The van der Waals surface area contributed by atoms with Crippen LogP contribution in [0.1, 0.15) is 57.6 Å². The van der Waals surface area contributed by atoms with E-state index in [1.165, 1.54) is 42.6 Å². The summed E-state index contributed by atoms with van der Waals surface area (Å²) in [6, 6.07) is 13.3. The fraction of sp³-hybridized carbons (Fsp3) is 0.500. The highest BCUT2D eigenvalue weighted by Gasteiger charge is 2.25. The molecule has 0 unspecified atom stereocenters. The Morgan fingerprint density at radius 2 is 1.71 bits per heavy atom. The Balaban J connectivity index is 1.70. The molecule has 1 aromatic heterocycles. The summed E-state index contributed by atoms with van der Waals surface area (Å²) >= 11 is 0. The van der Waals surface area contributed by atoms with E-state index < -0.39 is 0 Å². The van der Waals surface area contributed by atoms with Crippen molar-refractivity contribution in [3.63, 3.8) is 0 Å². The minimum Gasteiger partial charge on any atom is -0.299 e. The zero-order valence-electron chi connectivity index (χ0n) is 15.5. The van der Waals surface area contributed by atoms with Crippen LogP contribution in [0.5, 0.6) is 0 Å². The summed E-state index contributed by atoms with van der Waals surface area (Å²) in [5, 5.41) is 0. The Morgan fingerprint density at radius 3 is 2.33 bits per heavy atom. The van der Waals surface area contributed by atoms with Gasteiger partial charge in [-0.2, -0.15) is 0 Å². The lowest BCUT2D eigenvalue weighted by molar-refractivity contribution is 0.127. The highest BCUT2D eigenvalue weighted by atomic mass is 15.1. The number of pyridine rings is 1. The van der Waals surface area contributed by atoms with Gasteiger partial charge in [0.25, 0.3) is 0 Å². The monoisotopic (exact) mass is 322 g/mol. The lowest BCUT2D eigenvalue weighted by Crippen LogP contribution is -2.36. The van der Waals surface area contributed by atoms with Crippen LogP contribution in [0, 0.1) is 5.41 Å². The average Bonchev–Trinajstić information content (AvgIpc) is 2.57. The zero-order chi connectivity index (χ0) is 17.2. The van der Waals surface area contributed by atoms with Gasteiger partial charge in [0, 0.05) is 18.3 Å². The van der Waals surface area contributed by atoms with Crippen LogP contribution in [0.4, 0.5) is 0 Å². The van der Waals surface area contributed by atoms with Gasteiger partial charge in [0.1, 0.15) is 0 Å². The van der Waals surface area contributed by atoms with Gasteiger partial charge >= 0.3 is 0 Å². The van der Waals surface area contributed by atoms with E-state index in [2.05, 4.69) is 74.0 Å². The summed E-state index contributed by atoms with van der Waals surface area (Å²) < 4.78 is 0. The van der Waals surface area contributed by atoms with E-state index in [-0.39, 0.29) is 0 Å². The molecule has 0 amide bonds. The fourth-order valence-corrected chi connectivity index (χ4v) is 3.34. The molecule has 0 atom stereocenters. The molecule has 1 aromatic carbocycles. The zero-order valence-corrected chi connectivity index (χ0v) is 15.5.